The molecule has 2 rings (SSSR count). The number of halogens is 3. The predicted octanol–water partition coefficient (Wildman–Crippen LogP) is 4.23. The van der Waals surface area contributed by atoms with Gasteiger partial charge in [-0.2, -0.15) is 0 Å². The van der Waals surface area contributed by atoms with Crippen molar-refractivity contribution >= 4 is 50.7 Å². The number of anilines is 1. The molecule has 2 aromatic carbocycles. The fraction of sp³-hybridized carbons (Fsp3) is 0.391. The van der Waals surface area contributed by atoms with Crippen molar-refractivity contribution in [2.24, 2.45) is 0 Å². The Morgan fingerprint density at radius 2 is 1.82 bits per heavy atom. The molecule has 0 fully saturated rings. The van der Waals surface area contributed by atoms with Gasteiger partial charge in [-0.15, -0.1) is 0 Å². The van der Waals surface area contributed by atoms with Gasteiger partial charge in [0.25, 0.3) is 0 Å². The lowest BCUT2D eigenvalue weighted by atomic mass is 10.1. The molecule has 0 saturated heterocycles. The van der Waals surface area contributed by atoms with Crippen LogP contribution in [0.15, 0.2) is 42.5 Å². The number of carbonyl (C=O) groups excluding carboxylic acids is 2. The second kappa shape index (κ2) is 12.4. The van der Waals surface area contributed by atoms with Crippen molar-refractivity contribution in [1.29, 1.82) is 0 Å². The zero-order valence-electron chi connectivity index (χ0n) is 19.2. The minimum absolute atomic E-state index is 0.0340. The standard InChI is InChI=1S/C23H28Cl2FN3O4S/c1-4-27-23(31)16(2)28(15-17-8-5-6-9-20(17)26)22(30)10-7-13-29(34(3,32)33)21-14-18(24)11-12-19(21)25/h5-6,8-9,11-12,14,16H,4,7,10,13,15H2,1-3H3,(H,27,31)/t16-/m0/s1. The molecule has 2 aromatic rings. The summed E-state index contributed by atoms with van der Waals surface area (Å²) >= 11 is 12.2. The van der Waals surface area contributed by atoms with E-state index in [9.17, 15) is 22.4 Å². The van der Waals surface area contributed by atoms with Crippen LogP contribution in [0.3, 0.4) is 0 Å². The van der Waals surface area contributed by atoms with E-state index in [1.165, 1.54) is 23.1 Å². The highest BCUT2D eigenvalue weighted by molar-refractivity contribution is 7.92. The molecule has 0 radical (unpaired) electrons. The number of carbonyl (C=O) groups is 2. The van der Waals surface area contributed by atoms with Gasteiger partial charge >= 0.3 is 0 Å². The molecule has 0 aliphatic carbocycles. The molecule has 2 amide bonds. The third-order valence-electron chi connectivity index (χ3n) is 5.15. The first-order valence-corrected chi connectivity index (χ1v) is 13.3. The normalized spacial score (nSPS) is 12.2. The zero-order chi connectivity index (χ0) is 25.5. The van der Waals surface area contributed by atoms with Crippen LogP contribution < -0.4 is 9.62 Å². The van der Waals surface area contributed by atoms with E-state index in [1.807, 2.05) is 0 Å². The molecule has 0 spiro atoms. The molecular weight excluding hydrogens is 504 g/mol. The summed E-state index contributed by atoms with van der Waals surface area (Å²) in [4.78, 5) is 26.8. The Labute approximate surface area is 209 Å². The molecule has 0 heterocycles. The smallest absolute Gasteiger partial charge is 0.242 e. The Morgan fingerprint density at radius 1 is 1.15 bits per heavy atom. The predicted molar refractivity (Wildman–Crippen MR) is 133 cm³/mol. The number of hydrogen-bond donors (Lipinski definition) is 1. The summed E-state index contributed by atoms with van der Waals surface area (Å²) < 4.78 is 40.1. The number of benzene rings is 2. The zero-order valence-corrected chi connectivity index (χ0v) is 21.6. The van der Waals surface area contributed by atoms with Crippen LogP contribution in [0.5, 0.6) is 0 Å². The van der Waals surface area contributed by atoms with Crippen LogP contribution in [0.1, 0.15) is 32.3 Å². The van der Waals surface area contributed by atoms with Crippen molar-refractivity contribution in [3.05, 3.63) is 63.9 Å². The van der Waals surface area contributed by atoms with Crippen LogP contribution >= 0.6 is 23.2 Å². The number of amides is 2. The molecule has 0 aliphatic heterocycles. The van der Waals surface area contributed by atoms with Gasteiger partial charge in [-0.3, -0.25) is 13.9 Å². The fourth-order valence-corrected chi connectivity index (χ4v) is 4.78. The molecule has 1 N–H and O–H groups in total. The van der Waals surface area contributed by atoms with Crippen LogP contribution in [-0.2, 0) is 26.2 Å². The summed E-state index contributed by atoms with van der Waals surface area (Å²) in [5.41, 5.74) is 0.485. The average Bonchev–Trinajstić information content (AvgIpc) is 2.76. The number of hydrogen-bond acceptors (Lipinski definition) is 4. The highest BCUT2D eigenvalue weighted by atomic mass is 35.5. The van der Waals surface area contributed by atoms with Gasteiger partial charge in [0.2, 0.25) is 21.8 Å². The Hall–Kier alpha value is -2.36. The summed E-state index contributed by atoms with van der Waals surface area (Å²) in [5.74, 6) is -1.26. The molecule has 34 heavy (non-hydrogen) atoms. The van der Waals surface area contributed by atoms with E-state index in [1.54, 1.807) is 38.1 Å². The van der Waals surface area contributed by atoms with Gasteiger partial charge in [0.05, 0.1) is 17.0 Å². The average molecular weight is 532 g/mol. The first-order chi connectivity index (χ1) is 16.0. The van der Waals surface area contributed by atoms with Gasteiger partial charge in [0, 0.05) is 36.6 Å². The Kier molecular flexibility index (Phi) is 10.1. The van der Waals surface area contributed by atoms with Gasteiger partial charge in [-0.25, -0.2) is 12.8 Å². The lowest BCUT2D eigenvalue weighted by Gasteiger charge is -2.29. The second-order valence-electron chi connectivity index (χ2n) is 7.72. The molecule has 0 aromatic heterocycles. The van der Waals surface area contributed by atoms with Crippen molar-refractivity contribution < 1.29 is 22.4 Å². The molecular formula is C23H28Cl2FN3O4S. The summed E-state index contributed by atoms with van der Waals surface area (Å²) in [6.45, 7) is 3.58. The van der Waals surface area contributed by atoms with Gasteiger partial charge in [0.15, 0.2) is 0 Å². The van der Waals surface area contributed by atoms with E-state index in [4.69, 9.17) is 23.2 Å². The minimum atomic E-state index is -3.72. The first-order valence-electron chi connectivity index (χ1n) is 10.7. The largest absolute Gasteiger partial charge is 0.355 e. The van der Waals surface area contributed by atoms with E-state index in [0.29, 0.717) is 11.6 Å². The third kappa shape index (κ3) is 7.58. The topological polar surface area (TPSA) is 86.8 Å². The van der Waals surface area contributed by atoms with Crippen LogP contribution in [0.2, 0.25) is 10.0 Å². The van der Waals surface area contributed by atoms with Gasteiger partial charge in [0.1, 0.15) is 11.9 Å². The van der Waals surface area contributed by atoms with Gasteiger partial charge < -0.3 is 10.2 Å². The van der Waals surface area contributed by atoms with Crippen LogP contribution in [0, 0.1) is 5.82 Å². The van der Waals surface area contributed by atoms with Crippen LogP contribution in [-0.4, -0.2) is 50.5 Å². The number of likely N-dealkylation sites (N-methyl/N-ethyl adjacent to an activating group) is 1. The monoisotopic (exact) mass is 531 g/mol. The van der Waals surface area contributed by atoms with Crippen molar-refractivity contribution in [2.75, 3.05) is 23.7 Å². The fourth-order valence-electron chi connectivity index (χ4n) is 3.37. The number of sulfonamides is 1. The summed E-state index contributed by atoms with van der Waals surface area (Å²) in [5, 5.41) is 3.18. The van der Waals surface area contributed by atoms with Crippen molar-refractivity contribution in [3.8, 4) is 0 Å². The third-order valence-corrected chi connectivity index (χ3v) is 6.88. The molecule has 0 unspecified atom stereocenters. The molecule has 7 nitrogen and oxygen atoms in total. The van der Waals surface area contributed by atoms with Crippen molar-refractivity contribution in [3.63, 3.8) is 0 Å². The molecule has 0 aliphatic rings. The van der Waals surface area contributed by atoms with E-state index in [-0.39, 0.29) is 48.1 Å². The molecule has 11 heteroatoms. The number of nitrogens with one attached hydrogen (secondary N) is 1. The van der Waals surface area contributed by atoms with Crippen LogP contribution in [0.4, 0.5) is 10.1 Å². The SMILES string of the molecule is CCNC(=O)[C@H](C)N(Cc1ccccc1F)C(=O)CCCN(c1cc(Cl)ccc1Cl)S(C)(=O)=O. The van der Waals surface area contributed by atoms with E-state index in [0.717, 1.165) is 10.6 Å². The lowest BCUT2D eigenvalue weighted by Crippen LogP contribution is -2.47. The maximum absolute atomic E-state index is 14.2. The van der Waals surface area contributed by atoms with E-state index >= 15 is 0 Å². The van der Waals surface area contributed by atoms with Gasteiger partial charge in [-0.05, 0) is 44.5 Å². The van der Waals surface area contributed by atoms with Crippen LogP contribution in [0.25, 0.3) is 0 Å². The number of nitrogens with zero attached hydrogens (tertiary/aromatic N) is 2. The minimum Gasteiger partial charge on any atom is -0.355 e. The maximum atomic E-state index is 14.2. The molecule has 186 valence electrons. The molecule has 0 saturated carbocycles. The maximum Gasteiger partial charge on any atom is 0.242 e. The lowest BCUT2D eigenvalue weighted by molar-refractivity contribution is -0.140. The Morgan fingerprint density at radius 3 is 2.44 bits per heavy atom. The summed E-state index contributed by atoms with van der Waals surface area (Å²) in [6, 6.07) is 9.65. The molecule has 1 atom stereocenters. The highest BCUT2D eigenvalue weighted by Crippen LogP contribution is 2.31. The molecule has 0 bridgehead atoms. The van der Waals surface area contributed by atoms with E-state index < -0.39 is 27.8 Å². The highest BCUT2D eigenvalue weighted by Gasteiger charge is 2.27. The number of rotatable bonds is 11. The summed E-state index contributed by atoms with van der Waals surface area (Å²) in [7, 11) is -3.72. The van der Waals surface area contributed by atoms with Gasteiger partial charge in [-0.1, -0.05) is 41.4 Å². The Balaban J connectivity index is 2.20. The quantitative estimate of drug-likeness (QED) is 0.469. The van der Waals surface area contributed by atoms with Crippen molar-refractivity contribution in [2.45, 2.75) is 39.3 Å². The van der Waals surface area contributed by atoms with Crippen molar-refractivity contribution in [1.82, 2.24) is 10.2 Å². The van der Waals surface area contributed by atoms with E-state index in [2.05, 4.69) is 5.32 Å². The first kappa shape index (κ1) is 27.9. The second-order valence-corrected chi connectivity index (χ2v) is 10.5. The Bertz CT molecular complexity index is 1130. The summed E-state index contributed by atoms with van der Waals surface area (Å²) in [6.07, 6.45) is 1.11.